The average molecular weight is 272 g/mol. The number of hydrogen-bond donors (Lipinski definition) is 2. The Bertz CT molecular complexity index is 471. The summed E-state index contributed by atoms with van der Waals surface area (Å²) in [4.78, 5) is 1.79. The van der Waals surface area contributed by atoms with Crippen LogP contribution in [0, 0.1) is 0 Å². The van der Waals surface area contributed by atoms with Crippen LogP contribution in [-0.2, 0) is 9.84 Å². The van der Waals surface area contributed by atoms with Crippen LogP contribution in [-0.4, -0.2) is 50.6 Å². The van der Waals surface area contributed by atoms with Crippen molar-refractivity contribution < 1.29 is 13.5 Å². The Balaban J connectivity index is 2.49. The molecule has 1 aromatic carbocycles. The quantitative estimate of drug-likeness (QED) is 0.727. The van der Waals surface area contributed by atoms with E-state index in [2.05, 4.69) is 0 Å². The van der Waals surface area contributed by atoms with Gasteiger partial charge in [0.2, 0.25) is 0 Å². The van der Waals surface area contributed by atoms with E-state index < -0.39 is 15.9 Å². The molecule has 1 rings (SSSR count). The molecule has 0 saturated heterocycles. The van der Waals surface area contributed by atoms with Gasteiger partial charge < -0.3 is 15.7 Å². The van der Waals surface area contributed by atoms with Crippen molar-refractivity contribution in [2.75, 3.05) is 37.9 Å². The SMILES string of the molecule is CN(CCS(C)(=O)=O)CC(O)c1ccc(N)cc1. The lowest BCUT2D eigenvalue weighted by Gasteiger charge is -2.20. The molecule has 0 radical (unpaired) electrons. The van der Waals surface area contributed by atoms with Crippen molar-refractivity contribution in [3.63, 3.8) is 0 Å². The molecule has 0 bridgehead atoms. The first-order chi connectivity index (χ1) is 8.28. The van der Waals surface area contributed by atoms with Crippen LogP contribution in [0.3, 0.4) is 0 Å². The molecule has 1 aromatic rings. The fourth-order valence-electron chi connectivity index (χ4n) is 1.53. The Labute approximate surface area is 108 Å². The van der Waals surface area contributed by atoms with Crippen LogP contribution in [0.5, 0.6) is 0 Å². The number of nitrogens with two attached hydrogens (primary N) is 1. The highest BCUT2D eigenvalue weighted by Gasteiger charge is 2.12. The molecule has 0 fully saturated rings. The Morgan fingerprint density at radius 1 is 1.33 bits per heavy atom. The minimum atomic E-state index is -2.97. The topological polar surface area (TPSA) is 83.6 Å². The third-order valence-corrected chi connectivity index (χ3v) is 3.57. The third-order valence-electron chi connectivity index (χ3n) is 2.65. The number of hydrogen-bond acceptors (Lipinski definition) is 5. The van der Waals surface area contributed by atoms with Gasteiger partial charge in [-0.1, -0.05) is 12.1 Å². The number of anilines is 1. The molecule has 1 atom stereocenters. The van der Waals surface area contributed by atoms with Crippen LogP contribution >= 0.6 is 0 Å². The second-order valence-electron chi connectivity index (χ2n) is 4.57. The molecule has 3 N–H and O–H groups in total. The van der Waals surface area contributed by atoms with E-state index in [0.29, 0.717) is 18.8 Å². The summed E-state index contributed by atoms with van der Waals surface area (Å²) in [5, 5.41) is 9.98. The van der Waals surface area contributed by atoms with Gasteiger partial charge in [-0.15, -0.1) is 0 Å². The molecule has 0 aliphatic carbocycles. The summed E-state index contributed by atoms with van der Waals surface area (Å²) >= 11 is 0. The van der Waals surface area contributed by atoms with Gasteiger partial charge in [0.15, 0.2) is 0 Å². The molecule has 18 heavy (non-hydrogen) atoms. The molecule has 102 valence electrons. The van der Waals surface area contributed by atoms with Crippen molar-refractivity contribution in [2.24, 2.45) is 0 Å². The Morgan fingerprint density at radius 3 is 2.39 bits per heavy atom. The van der Waals surface area contributed by atoms with Crippen LogP contribution in [0.15, 0.2) is 24.3 Å². The van der Waals surface area contributed by atoms with Crippen LogP contribution < -0.4 is 5.73 Å². The van der Waals surface area contributed by atoms with Gasteiger partial charge >= 0.3 is 0 Å². The van der Waals surface area contributed by atoms with E-state index >= 15 is 0 Å². The van der Waals surface area contributed by atoms with Crippen molar-refractivity contribution in [2.45, 2.75) is 6.10 Å². The first-order valence-corrected chi connectivity index (χ1v) is 7.74. The number of aliphatic hydroxyl groups excluding tert-OH is 1. The fraction of sp³-hybridized carbons (Fsp3) is 0.500. The summed E-state index contributed by atoms with van der Waals surface area (Å²) in [7, 11) is -1.18. The summed E-state index contributed by atoms with van der Waals surface area (Å²) in [6.07, 6.45) is 0.562. The number of nitrogens with zero attached hydrogens (tertiary/aromatic N) is 1. The minimum absolute atomic E-state index is 0.0952. The number of rotatable bonds is 6. The molecule has 0 spiro atoms. The Hall–Kier alpha value is -1.11. The van der Waals surface area contributed by atoms with Gasteiger partial charge in [0, 0.05) is 25.0 Å². The molecular weight excluding hydrogens is 252 g/mol. The van der Waals surface area contributed by atoms with Gasteiger partial charge in [-0.25, -0.2) is 8.42 Å². The smallest absolute Gasteiger partial charge is 0.148 e. The number of likely N-dealkylation sites (N-methyl/N-ethyl adjacent to an activating group) is 1. The number of aliphatic hydroxyl groups is 1. The van der Waals surface area contributed by atoms with Crippen molar-refractivity contribution in [1.29, 1.82) is 0 Å². The molecule has 0 aromatic heterocycles. The predicted octanol–water partition coefficient (Wildman–Crippen LogP) is 0.279. The van der Waals surface area contributed by atoms with E-state index in [0.717, 1.165) is 5.56 Å². The summed E-state index contributed by atoms with van der Waals surface area (Å²) in [5.41, 5.74) is 6.99. The maximum Gasteiger partial charge on any atom is 0.148 e. The van der Waals surface area contributed by atoms with Crippen molar-refractivity contribution in [3.05, 3.63) is 29.8 Å². The first-order valence-electron chi connectivity index (χ1n) is 5.68. The van der Waals surface area contributed by atoms with Gasteiger partial charge in [0.1, 0.15) is 9.84 Å². The lowest BCUT2D eigenvalue weighted by Crippen LogP contribution is -2.29. The second-order valence-corrected chi connectivity index (χ2v) is 6.83. The maximum absolute atomic E-state index is 11.0. The molecule has 0 amide bonds. The van der Waals surface area contributed by atoms with Crippen LogP contribution in [0.2, 0.25) is 0 Å². The van der Waals surface area contributed by atoms with E-state index in [4.69, 9.17) is 5.73 Å². The van der Waals surface area contributed by atoms with Crippen LogP contribution in [0.1, 0.15) is 11.7 Å². The van der Waals surface area contributed by atoms with Gasteiger partial charge in [0.05, 0.1) is 11.9 Å². The maximum atomic E-state index is 11.0. The van der Waals surface area contributed by atoms with Crippen molar-refractivity contribution in [1.82, 2.24) is 4.90 Å². The highest BCUT2D eigenvalue weighted by molar-refractivity contribution is 7.90. The first kappa shape index (κ1) is 14.9. The predicted molar refractivity (Wildman–Crippen MR) is 73.0 cm³/mol. The molecule has 0 saturated carbocycles. The third kappa shape index (κ3) is 5.48. The molecule has 0 aliphatic heterocycles. The summed E-state index contributed by atoms with van der Waals surface area (Å²) < 4.78 is 22.1. The molecule has 1 unspecified atom stereocenters. The normalized spacial score (nSPS) is 13.8. The molecule has 0 heterocycles. The highest BCUT2D eigenvalue weighted by atomic mass is 32.2. The number of nitrogen functional groups attached to an aromatic ring is 1. The van der Waals surface area contributed by atoms with E-state index in [-0.39, 0.29) is 5.75 Å². The molecule has 5 nitrogen and oxygen atoms in total. The minimum Gasteiger partial charge on any atom is -0.399 e. The zero-order valence-corrected chi connectivity index (χ0v) is 11.5. The average Bonchev–Trinajstić information content (AvgIpc) is 2.26. The van der Waals surface area contributed by atoms with Crippen molar-refractivity contribution >= 4 is 15.5 Å². The Kier molecular flexibility index (Phi) is 5.13. The lowest BCUT2D eigenvalue weighted by molar-refractivity contribution is 0.130. The molecule has 0 aliphatic rings. The van der Waals surface area contributed by atoms with Gasteiger partial charge in [-0.05, 0) is 24.7 Å². The van der Waals surface area contributed by atoms with E-state index in [1.165, 1.54) is 6.26 Å². The number of sulfone groups is 1. The molecule has 6 heteroatoms. The summed E-state index contributed by atoms with van der Waals surface area (Å²) in [5.74, 6) is 0.0952. The van der Waals surface area contributed by atoms with Gasteiger partial charge in [-0.3, -0.25) is 0 Å². The number of benzene rings is 1. The van der Waals surface area contributed by atoms with Crippen molar-refractivity contribution in [3.8, 4) is 0 Å². The van der Waals surface area contributed by atoms with Gasteiger partial charge in [-0.2, -0.15) is 0 Å². The highest BCUT2D eigenvalue weighted by Crippen LogP contribution is 2.15. The van der Waals surface area contributed by atoms with Crippen LogP contribution in [0.4, 0.5) is 5.69 Å². The second kappa shape index (κ2) is 6.17. The largest absolute Gasteiger partial charge is 0.399 e. The summed E-state index contributed by atoms with van der Waals surface area (Å²) in [6.45, 7) is 0.796. The Morgan fingerprint density at radius 2 is 1.89 bits per heavy atom. The standard InChI is InChI=1S/C12H20N2O3S/c1-14(7-8-18(2,16)17)9-12(15)10-3-5-11(13)6-4-10/h3-6,12,15H,7-9,13H2,1-2H3. The zero-order chi connectivity index (χ0) is 13.8. The van der Waals surface area contributed by atoms with Gasteiger partial charge in [0.25, 0.3) is 0 Å². The monoisotopic (exact) mass is 272 g/mol. The summed E-state index contributed by atoms with van der Waals surface area (Å²) in [6, 6.07) is 7.00. The van der Waals surface area contributed by atoms with Crippen LogP contribution in [0.25, 0.3) is 0 Å². The zero-order valence-electron chi connectivity index (χ0n) is 10.7. The lowest BCUT2D eigenvalue weighted by atomic mass is 10.1. The molecular formula is C12H20N2O3S. The van der Waals surface area contributed by atoms with E-state index in [9.17, 15) is 13.5 Å². The van der Waals surface area contributed by atoms with E-state index in [1.54, 1.807) is 36.2 Å². The van der Waals surface area contributed by atoms with E-state index in [1.807, 2.05) is 0 Å². The fourth-order valence-corrected chi connectivity index (χ4v) is 2.18.